The largest absolute Gasteiger partial charge is 0.309 e. The number of nitrogens with one attached hydrogen (secondary N) is 2. The minimum absolute atomic E-state index is 0.0523. The van der Waals surface area contributed by atoms with E-state index in [-0.39, 0.29) is 11.9 Å². The summed E-state index contributed by atoms with van der Waals surface area (Å²) in [6, 6.07) is 2.65. The van der Waals surface area contributed by atoms with Crippen molar-refractivity contribution in [2.24, 2.45) is 11.8 Å². The SMILES string of the molecule is O=C(Nc1ccc(F)cn1)C1NCC2CCCC21. The van der Waals surface area contributed by atoms with Crippen molar-refractivity contribution in [2.45, 2.75) is 25.3 Å². The smallest absolute Gasteiger partial charge is 0.242 e. The zero-order valence-corrected chi connectivity index (χ0v) is 10.0. The monoisotopic (exact) mass is 249 g/mol. The summed E-state index contributed by atoms with van der Waals surface area (Å²) in [5.74, 6) is 1.04. The first kappa shape index (κ1) is 11.6. The number of fused-ring (bicyclic) bond motifs is 1. The predicted octanol–water partition coefficient (Wildman–Crippen LogP) is 1.55. The summed E-state index contributed by atoms with van der Waals surface area (Å²) in [6.45, 7) is 0.930. The van der Waals surface area contributed by atoms with Gasteiger partial charge >= 0.3 is 0 Å². The summed E-state index contributed by atoms with van der Waals surface area (Å²) < 4.78 is 12.7. The minimum atomic E-state index is -0.400. The number of nitrogens with zero attached hydrogens (tertiary/aromatic N) is 1. The molecule has 1 aliphatic heterocycles. The molecule has 1 saturated carbocycles. The number of carbonyl (C=O) groups excluding carboxylic acids is 1. The lowest BCUT2D eigenvalue weighted by molar-refractivity contribution is -0.118. The van der Waals surface area contributed by atoms with Crippen molar-refractivity contribution in [1.82, 2.24) is 10.3 Å². The Bertz CT molecular complexity index is 448. The molecule has 5 heteroatoms. The molecule has 3 unspecified atom stereocenters. The van der Waals surface area contributed by atoms with E-state index in [1.807, 2.05) is 0 Å². The van der Waals surface area contributed by atoms with E-state index in [9.17, 15) is 9.18 Å². The molecule has 3 atom stereocenters. The van der Waals surface area contributed by atoms with Crippen molar-refractivity contribution >= 4 is 11.7 Å². The highest BCUT2D eigenvalue weighted by molar-refractivity contribution is 5.94. The van der Waals surface area contributed by atoms with Crippen LogP contribution in [0.25, 0.3) is 0 Å². The van der Waals surface area contributed by atoms with E-state index in [0.717, 1.165) is 19.2 Å². The second-order valence-corrected chi connectivity index (χ2v) is 5.09. The van der Waals surface area contributed by atoms with Crippen molar-refractivity contribution in [1.29, 1.82) is 0 Å². The Balaban J connectivity index is 1.66. The fourth-order valence-electron chi connectivity index (χ4n) is 3.13. The predicted molar refractivity (Wildman–Crippen MR) is 65.4 cm³/mol. The van der Waals surface area contributed by atoms with Gasteiger partial charge in [0.25, 0.3) is 0 Å². The van der Waals surface area contributed by atoms with Gasteiger partial charge in [-0.25, -0.2) is 9.37 Å². The van der Waals surface area contributed by atoms with Crippen LogP contribution in [-0.4, -0.2) is 23.5 Å². The third kappa shape index (κ3) is 2.10. The van der Waals surface area contributed by atoms with Gasteiger partial charge in [0.05, 0.1) is 12.2 Å². The second kappa shape index (κ2) is 4.65. The van der Waals surface area contributed by atoms with Gasteiger partial charge in [-0.3, -0.25) is 4.79 Å². The number of amides is 1. The van der Waals surface area contributed by atoms with Crippen LogP contribution in [0.1, 0.15) is 19.3 Å². The van der Waals surface area contributed by atoms with E-state index in [1.165, 1.54) is 25.0 Å². The Morgan fingerprint density at radius 2 is 2.33 bits per heavy atom. The Morgan fingerprint density at radius 1 is 1.44 bits per heavy atom. The summed E-state index contributed by atoms with van der Waals surface area (Å²) in [5, 5.41) is 6.02. The Kier molecular flexibility index (Phi) is 2.99. The first-order valence-electron chi connectivity index (χ1n) is 6.40. The van der Waals surface area contributed by atoms with Crippen molar-refractivity contribution in [2.75, 3.05) is 11.9 Å². The zero-order valence-electron chi connectivity index (χ0n) is 10.0. The van der Waals surface area contributed by atoms with E-state index >= 15 is 0 Å². The summed E-state index contributed by atoms with van der Waals surface area (Å²) in [4.78, 5) is 16.0. The van der Waals surface area contributed by atoms with Crippen molar-refractivity contribution in [3.05, 3.63) is 24.1 Å². The van der Waals surface area contributed by atoms with E-state index < -0.39 is 5.82 Å². The van der Waals surface area contributed by atoms with Crippen LogP contribution in [0.5, 0.6) is 0 Å². The summed E-state index contributed by atoms with van der Waals surface area (Å²) in [5.41, 5.74) is 0. The van der Waals surface area contributed by atoms with Gasteiger partial charge in [0, 0.05) is 0 Å². The molecule has 3 rings (SSSR count). The summed E-state index contributed by atoms with van der Waals surface area (Å²) >= 11 is 0. The molecular weight excluding hydrogens is 233 g/mol. The summed E-state index contributed by atoms with van der Waals surface area (Å²) in [6.07, 6.45) is 4.66. The van der Waals surface area contributed by atoms with Gasteiger partial charge in [0.15, 0.2) is 0 Å². The lowest BCUT2D eigenvalue weighted by atomic mass is 9.94. The quantitative estimate of drug-likeness (QED) is 0.836. The first-order valence-corrected chi connectivity index (χ1v) is 6.40. The van der Waals surface area contributed by atoms with Crippen LogP contribution in [0.4, 0.5) is 10.2 Å². The maximum absolute atomic E-state index is 12.7. The highest BCUT2D eigenvalue weighted by Gasteiger charge is 2.42. The zero-order chi connectivity index (χ0) is 12.5. The van der Waals surface area contributed by atoms with Crippen LogP contribution in [0, 0.1) is 17.7 Å². The molecule has 1 aliphatic carbocycles. The van der Waals surface area contributed by atoms with Crippen LogP contribution in [0.3, 0.4) is 0 Å². The van der Waals surface area contributed by atoms with Crippen LogP contribution in [-0.2, 0) is 4.79 Å². The maximum Gasteiger partial charge on any atom is 0.242 e. The molecule has 2 heterocycles. The molecule has 2 N–H and O–H groups in total. The molecule has 0 bridgehead atoms. The molecule has 18 heavy (non-hydrogen) atoms. The van der Waals surface area contributed by atoms with Gasteiger partial charge < -0.3 is 10.6 Å². The molecule has 4 nitrogen and oxygen atoms in total. The number of hydrogen-bond acceptors (Lipinski definition) is 3. The second-order valence-electron chi connectivity index (χ2n) is 5.09. The van der Waals surface area contributed by atoms with Crippen LogP contribution >= 0.6 is 0 Å². The van der Waals surface area contributed by atoms with Gasteiger partial charge in [-0.15, -0.1) is 0 Å². The Hall–Kier alpha value is -1.49. The van der Waals surface area contributed by atoms with Gasteiger partial charge in [-0.1, -0.05) is 6.42 Å². The number of rotatable bonds is 2. The molecule has 1 aromatic heterocycles. The van der Waals surface area contributed by atoms with E-state index in [0.29, 0.717) is 17.7 Å². The minimum Gasteiger partial charge on any atom is -0.309 e. The summed E-state index contributed by atoms with van der Waals surface area (Å²) in [7, 11) is 0. The highest BCUT2D eigenvalue weighted by Crippen LogP contribution is 2.37. The van der Waals surface area contributed by atoms with Crippen LogP contribution in [0.15, 0.2) is 18.3 Å². The molecule has 2 aliphatic rings. The number of hydrogen-bond donors (Lipinski definition) is 2. The molecule has 0 radical (unpaired) electrons. The molecule has 0 aromatic carbocycles. The van der Waals surface area contributed by atoms with Crippen LogP contribution in [0.2, 0.25) is 0 Å². The third-order valence-corrected chi connectivity index (χ3v) is 4.01. The lowest BCUT2D eigenvalue weighted by Crippen LogP contribution is -2.39. The number of pyridine rings is 1. The normalized spacial score (nSPS) is 30.2. The van der Waals surface area contributed by atoms with Crippen molar-refractivity contribution in [3.8, 4) is 0 Å². The standard InChI is InChI=1S/C13H16FN3O/c14-9-4-5-11(15-7-9)17-13(18)12-10-3-1-2-8(10)6-16-12/h4-5,7-8,10,12,16H,1-3,6H2,(H,15,17,18). The topological polar surface area (TPSA) is 54.0 Å². The molecule has 0 spiro atoms. The van der Waals surface area contributed by atoms with Gasteiger partial charge in [0.2, 0.25) is 5.91 Å². The van der Waals surface area contributed by atoms with Gasteiger partial charge in [0.1, 0.15) is 11.6 Å². The molecule has 1 saturated heterocycles. The Morgan fingerprint density at radius 3 is 3.11 bits per heavy atom. The van der Waals surface area contributed by atoms with Gasteiger partial charge in [-0.05, 0) is 43.4 Å². The molecular formula is C13H16FN3O. The fourth-order valence-corrected chi connectivity index (χ4v) is 3.13. The number of anilines is 1. The van der Waals surface area contributed by atoms with Crippen molar-refractivity contribution in [3.63, 3.8) is 0 Å². The average molecular weight is 249 g/mol. The fraction of sp³-hybridized carbons (Fsp3) is 0.538. The average Bonchev–Trinajstić information content (AvgIpc) is 2.93. The third-order valence-electron chi connectivity index (χ3n) is 4.01. The van der Waals surface area contributed by atoms with Crippen LogP contribution < -0.4 is 10.6 Å². The van der Waals surface area contributed by atoms with E-state index in [2.05, 4.69) is 15.6 Å². The molecule has 96 valence electrons. The van der Waals surface area contributed by atoms with Gasteiger partial charge in [-0.2, -0.15) is 0 Å². The van der Waals surface area contributed by atoms with Crippen molar-refractivity contribution < 1.29 is 9.18 Å². The highest BCUT2D eigenvalue weighted by atomic mass is 19.1. The van der Waals surface area contributed by atoms with E-state index in [1.54, 1.807) is 0 Å². The number of aromatic nitrogens is 1. The lowest BCUT2D eigenvalue weighted by Gasteiger charge is -2.17. The molecule has 1 aromatic rings. The molecule has 2 fully saturated rings. The maximum atomic E-state index is 12.7. The number of carbonyl (C=O) groups is 1. The first-order chi connectivity index (χ1) is 8.74. The van der Waals surface area contributed by atoms with E-state index in [4.69, 9.17) is 0 Å². The molecule has 1 amide bonds. The Labute approximate surface area is 105 Å². The number of halogens is 1.